The highest BCUT2D eigenvalue weighted by Gasteiger charge is 2.23. The molecule has 1 saturated heterocycles. The summed E-state index contributed by atoms with van der Waals surface area (Å²) in [6, 6.07) is 5.74. The van der Waals surface area contributed by atoms with Crippen LogP contribution in [0.4, 0.5) is 4.79 Å². The number of cyclic esters (lactones) is 1. The Bertz CT molecular complexity index is 684. The fourth-order valence-electron chi connectivity index (χ4n) is 2.33. The lowest BCUT2D eigenvalue weighted by Gasteiger charge is -2.12. The molecular formula is C14H17N5O3. The number of ether oxygens (including phenoxy) is 1. The van der Waals surface area contributed by atoms with Crippen LogP contribution in [0.3, 0.4) is 0 Å². The maximum Gasteiger partial charge on any atom is 0.410 e. The zero-order chi connectivity index (χ0) is 15.4. The fraction of sp³-hybridized carbons (Fsp3) is 0.429. The van der Waals surface area contributed by atoms with Crippen LogP contribution < -0.4 is 5.32 Å². The number of amides is 2. The Morgan fingerprint density at radius 1 is 1.36 bits per heavy atom. The lowest BCUT2D eigenvalue weighted by atomic mass is 10.3. The van der Waals surface area contributed by atoms with Crippen LogP contribution in [-0.2, 0) is 16.0 Å². The Morgan fingerprint density at radius 2 is 2.27 bits per heavy atom. The maximum atomic E-state index is 11.7. The van der Waals surface area contributed by atoms with Crippen LogP contribution in [0.5, 0.6) is 0 Å². The van der Waals surface area contributed by atoms with Crippen LogP contribution in [0, 0.1) is 0 Å². The summed E-state index contributed by atoms with van der Waals surface area (Å²) in [6.45, 7) is 1.40. The van der Waals surface area contributed by atoms with Crippen molar-refractivity contribution in [1.29, 1.82) is 0 Å². The van der Waals surface area contributed by atoms with Gasteiger partial charge < -0.3 is 10.1 Å². The molecular weight excluding hydrogens is 286 g/mol. The normalized spacial score (nSPS) is 14.4. The molecule has 0 unspecified atom stereocenters. The third-order valence-corrected chi connectivity index (χ3v) is 3.46. The van der Waals surface area contributed by atoms with Crippen LogP contribution in [0.25, 0.3) is 5.65 Å². The van der Waals surface area contributed by atoms with E-state index in [1.54, 1.807) is 0 Å². The van der Waals surface area contributed by atoms with Crippen molar-refractivity contribution in [3.8, 4) is 0 Å². The fourth-order valence-corrected chi connectivity index (χ4v) is 2.33. The second kappa shape index (κ2) is 6.42. The Kier molecular flexibility index (Phi) is 4.17. The predicted molar refractivity (Wildman–Crippen MR) is 77.2 cm³/mol. The van der Waals surface area contributed by atoms with Crippen molar-refractivity contribution >= 4 is 17.6 Å². The van der Waals surface area contributed by atoms with Crippen molar-refractivity contribution in [3.05, 3.63) is 30.2 Å². The Hall–Kier alpha value is -2.64. The van der Waals surface area contributed by atoms with Gasteiger partial charge in [-0.2, -0.15) is 0 Å². The molecule has 0 bridgehead atoms. The van der Waals surface area contributed by atoms with Crippen LogP contribution in [0.2, 0.25) is 0 Å². The number of nitrogens with zero attached hydrogens (tertiary/aromatic N) is 4. The average molecular weight is 303 g/mol. The zero-order valence-corrected chi connectivity index (χ0v) is 12.1. The first-order chi connectivity index (χ1) is 10.7. The summed E-state index contributed by atoms with van der Waals surface area (Å²) >= 11 is 0. The summed E-state index contributed by atoms with van der Waals surface area (Å²) in [7, 11) is 0. The van der Waals surface area contributed by atoms with Gasteiger partial charge in [0.15, 0.2) is 5.65 Å². The molecule has 3 rings (SSSR count). The highest BCUT2D eigenvalue weighted by atomic mass is 16.6. The van der Waals surface area contributed by atoms with Gasteiger partial charge in [-0.15, -0.1) is 10.2 Å². The summed E-state index contributed by atoms with van der Waals surface area (Å²) in [5.41, 5.74) is 0.814. The summed E-state index contributed by atoms with van der Waals surface area (Å²) in [4.78, 5) is 24.3. The number of carbonyl (C=O) groups excluding carboxylic acids is 2. The quantitative estimate of drug-likeness (QED) is 0.772. The van der Waals surface area contributed by atoms with Gasteiger partial charge in [-0.1, -0.05) is 6.07 Å². The largest absolute Gasteiger partial charge is 0.448 e. The molecule has 8 nitrogen and oxygen atoms in total. The predicted octanol–water partition coefficient (Wildman–Crippen LogP) is 0.230. The van der Waals surface area contributed by atoms with E-state index in [2.05, 4.69) is 15.5 Å². The molecule has 116 valence electrons. The van der Waals surface area contributed by atoms with Crippen molar-refractivity contribution in [3.63, 3.8) is 0 Å². The molecule has 3 heterocycles. The molecule has 8 heteroatoms. The van der Waals surface area contributed by atoms with E-state index in [0.29, 0.717) is 19.7 Å². The number of hydrogen-bond donors (Lipinski definition) is 1. The molecule has 22 heavy (non-hydrogen) atoms. The zero-order valence-electron chi connectivity index (χ0n) is 12.1. The maximum absolute atomic E-state index is 11.7. The SMILES string of the molecule is O=C(CN1CCOC1=O)NCCCc1nnc2ccccn12. The van der Waals surface area contributed by atoms with Gasteiger partial charge in [0.2, 0.25) is 5.91 Å². The van der Waals surface area contributed by atoms with Crippen molar-refractivity contribution in [1.82, 2.24) is 24.8 Å². The van der Waals surface area contributed by atoms with Gasteiger partial charge in [-0.3, -0.25) is 14.1 Å². The highest BCUT2D eigenvalue weighted by molar-refractivity contribution is 5.82. The van der Waals surface area contributed by atoms with Crippen molar-refractivity contribution < 1.29 is 14.3 Å². The number of pyridine rings is 1. The standard InChI is InChI=1S/C14H17N5O3/c20-13(10-18-8-9-22-14(18)21)15-6-3-5-12-17-16-11-4-1-2-7-19(11)12/h1-2,4,7H,3,5-6,8-10H2,(H,15,20). The first-order valence-corrected chi connectivity index (χ1v) is 7.21. The molecule has 0 aliphatic carbocycles. The molecule has 2 aromatic rings. The molecule has 0 atom stereocenters. The van der Waals surface area contributed by atoms with E-state index in [4.69, 9.17) is 4.74 Å². The minimum atomic E-state index is -0.426. The van der Waals surface area contributed by atoms with Gasteiger partial charge in [-0.05, 0) is 18.6 Å². The van der Waals surface area contributed by atoms with Gasteiger partial charge in [0.25, 0.3) is 0 Å². The minimum Gasteiger partial charge on any atom is -0.448 e. The minimum absolute atomic E-state index is 0.0483. The average Bonchev–Trinajstić information content (AvgIpc) is 3.11. The summed E-state index contributed by atoms with van der Waals surface area (Å²) in [5.74, 6) is 0.693. The number of aryl methyl sites for hydroxylation is 1. The Morgan fingerprint density at radius 3 is 3.09 bits per heavy atom. The van der Waals surface area contributed by atoms with E-state index < -0.39 is 6.09 Å². The monoisotopic (exact) mass is 303 g/mol. The molecule has 1 fully saturated rings. The van der Waals surface area contributed by atoms with Crippen LogP contribution in [-0.4, -0.2) is 57.7 Å². The summed E-state index contributed by atoms with van der Waals surface area (Å²) in [5, 5.41) is 11.0. The number of fused-ring (bicyclic) bond motifs is 1. The van der Waals surface area contributed by atoms with Crippen LogP contribution in [0.15, 0.2) is 24.4 Å². The first kappa shape index (κ1) is 14.3. The third kappa shape index (κ3) is 3.16. The Labute approximate surface area is 127 Å². The van der Waals surface area contributed by atoms with E-state index in [1.165, 1.54) is 4.90 Å². The first-order valence-electron chi connectivity index (χ1n) is 7.21. The van der Waals surface area contributed by atoms with Crippen molar-refractivity contribution in [2.45, 2.75) is 12.8 Å². The number of rotatable bonds is 6. The summed E-state index contributed by atoms with van der Waals surface area (Å²) in [6.07, 6.45) is 2.97. The van der Waals surface area contributed by atoms with Gasteiger partial charge in [0.05, 0.1) is 6.54 Å². The van der Waals surface area contributed by atoms with Gasteiger partial charge >= 0.3 is 6.09 Å². The van der Waals surface area contributed by atoms with Gasteiger partial charge in [0, 0.05) is 19.2 Å². The van der Waals surface area contributed by atoms with E-state index in [-0.39, 0.29) is 12.5 Å². The van der Waals surface area contributed by atoms with Gasteiger partial charge in [-0.25, -0.2) is 4.79 Å². The molecule has 1 aliphatic heterocycles. The van der Waals surface area contributed by atoms with Crippen LogP contribution in [0.1, 0.15) is 12.2 Å². The van der Waals surface area contributed by atoms with Crippen molar-refractivity contribution in [2.75, 3.05) is 26.2 Å². The number of aromatic nitrogens is 3. The van der Waals surface area contributed by atoms with E-state index in [1.807, 2.05) is 28.8 Å². The van der Waals surface area contributed by atoms with E-state index in [9.17, 15) is 9.59 Å². The molecule has 0 saturated carbocycles. The van der Waals surface area contributed by atoms with Crippen LogP contribution >= 0.6 is 0 Å². The Balaban J connectivity index is 1.42. The molecule has 1 aliphatic rings. The lowest BCUT2D eigenvalue weighted by Crippen LogP contribution is -2.38. The second-order valence-electron chi connectivity index (χ2n) is 5.03. The van der Waals surface area contributed by atoms with E-state index in [0.717, 1.165) is 24.3 Å². The number of nitrogens with one attached hydrogen (secondary N) is 1. The molecule has 1 N–H and O–H groups in total. The molecule has 2 aromatic heterocycles. The smallest absolute Gasteiger partial charge is 0.410 e. The van der Waals surface area contributed by atoms with E-state index >= 15 is 0 Å². The topological polar surface area (TPSA) is 88.8 Å². The third-order valence-electron chi connectivity index (χ3n) is 3.46. The molecule has 0 radical (unpaired) electrons. The highest BCUT2D eigenvalue weighted by Crippen LogP contribution is 2.05. The molecule has 0 aromatic carbocycles. The number of hydrogen-bond acceptors (Lipinski definition) is 5. The molecule has 2 amide bonds. The van der Waals surface area contributed by atoms with Crippen molar-refractivity contribution in [2.24, 2.45) is 0 Å². The second-order valence-corrected chi connectivity index (χ2v) is 5.03. The van der Waals surface area contributed by atoms with Gasteiger partial charge in [0.1, 0.15) is 19.0 Å². The number of carbonyl (C=O) groups is 2. The summed E-state index contributed by atoms with van der Waals surface area (Å²) < 4.78 is 6.70. The molecule has 0 spiro atoms. The lowest BCUT2D eigenvalue weighted by molar-refractivity contribution is -0.121.